The summed E-state index contributed by atoms with van der Waals surface area (Å²) in [6, 6.07) is 26.2. The molecular formula is C23H23NO4. The molecule has 3 aromatic rings. The van der Waals surface area contributed by atoms with Gasteiger partial charge in [-0.05, 0) is 36.4 Å². The van der Waals surface area contributed by atoms with E-state index in [1.165, 1.54) is 0 Å². The summed E-state index contributed by atoms with van der Waals surface area (Å²) in [4.78, 5) is 12.5. The van der Waals surface area contributed by atoms with Crippen molar-refractivity contribution in [1.82, 2.24) is 5.32 Å². The number of hydrogen-bond donors (Lipinski definition) is 1. The molecule has 3 aromatic carbocycles. The van der Waals surface area contributed by atoms with E-state index < -0.39 is 0 Å². The highest BCUT2D eigenvalue weighted by molar-refractivity contribution is 5.96. The van der Waals surface area contributed by atoms with E-state index >= 15 is 0 Å². The third-order valence-electron chi connectivity index (χ3n) is 3.88. The van der Waals surface area contributed by atoms with Gasteiger partial charge in [0.25, 0.3) is 5.91 Å². The van der Waals surface area contributed by atoms with Crippen LogP contribution in [0.5, 0.6) is 17.2 Å². The van der Waals surface area contributed by atoms with Gasteiger partial charge in [-0.1, -0.05) is 48.5 Å². The minimum atomic E-state index is -0.198. The summed E-state index contributed by atoms with van der Waals surface area (Å²) >= 11 is 0. The molecule has 5 heteroatoms. The first kappa shape index (κ1) is 19.3. The smallest absolute Gasteiger partial charge is 0.255 e. The Labute approximate surface area is 164 Å². The van der Waals surface area contributed by atoms with E-state index in [-0.39, 0.29) is 5.91 Å². The van der Waals surface area contributed by atoms with Crippen molar-refractivity contribution in [1.29, 1.82) is 0 Å². The number of nitrogens with one attached hydrogen (secondary N) is 1. The average molecular weight is 377 g/mol. The second-order valence-corrected chi connectivity index (χ2v) is 5.92. The van der Waals surface area contributed by atoms with Crippen LogP contribution in [0.1, 0.15) is 10.4 Å². The third kappa shape index (κ3) is 6.06. The summed E-state index contributed by atoms with van der Waals surface area (Å²) in [6.45, 7) is 1.53. The molecule has 0 aliphatic rings. The Morgan fingerprint density at radius 1 is 0.643 bits per heavy atom. The Bertz CT molecular complexity index is 853. The lowest BCUT2D eigenvalue weighted by Gasteiger charge is -2.12. The zero-order chi connectivity index (χ0) is 19.4. The number of benzene rings is 3. The Morgan fingerprint density at radius 3 is 1.86 bits per heavy atom. The molecular weight excluding hydrogens is 354 g/mol. The van der Waals surface area contributed by atoms with E-state index in [1.807, 2.05) is 72.8 Å². The zero-order valence-corrected chi connectivity index (χ0v) is 15.5. The van der Waals surface area contributed by atoms with Gasteiger partial charge in [-0.25, -0.2) is 0 Å². The minimum absolute atomic E-state index is 0.198. The van der Waals surface area contributed by atoms with E-state index in [4.69, 9.17) is 14.2 Å². The van der Waals surface area contributed by atoms with Gasteiger partial charge in [0.15, 0.2) is 0 Å². The van der Waals surface area contributed by atoms with Crippen molar-refractivity contribution in [3.63, 3.8) is 0 Å². The van der Waals surface area contributed by atoms with Gasteiger partial charge in [0.05, 0.1) is 12.1 Å². The monoisotopic (exact) mass is 377 g/mol. The normalized spacial score (nSPS) is 10.1. The maximum absolute atomic E-state index is 12.5. The van der Waals surface area contributed by atoms with Crippen LogP contribution in [0.25, 0.3) is 0 Å². The predicted octanol–water partition coefficient (Wildman–Crippen LogP) is 3.95. The molecule has 0 aliphatic heterocycles. The van der Waals surface area contributed by atoms with Crippen LogP contribution >= 0.6 is 0 Å². The van der Waals surface area contributed by atoms with Crippen LogP contribution < -0.4 is 19.5 Å². The summed E-state index contributed by atoms with van der Waals surface area (Å²) in [6.07, 6.45) is 0. The number of ether oxygens (including phenoxy) is 3. The Balaban J connectivity index is 1.43. The third-order valence-corrected chi connectivity index (χ3v) is 3.88. The van der Waals surface area contributed by atoms with Gasteiger partial charge in [-0.15, -0.1) is 0 Å². The molecule has 0 saturated carbocycles. The molecule has 5 nitrogen and oxygen atoms in total. The topological polar surface area (TPSA) is 56.8 Å². The highest BCUT2D eigenvalue weighted by Crippen LogP contribution is 2.18. The molecule has 0 heterocycles. The molecule has 0 radical (unpaired) electrons. The van der Waals surface area contributed by atoms with Gasteiger partial charge in [0, 0.05) is 0 Å². The number of carbonyl (C=O) groups is 1. The summed E-state index contributed by atoms with van der Waals surface area (Å²) in [5, 5.41) is 2.85. The maximum Gasteiger partial charge on any atom is 0.255 e. The summed E-state index contributed by atoms with van der Waals surface area (Å²) in [5.74, 6) is 1.89. The Hall–Kier alpha value is -3.47. The fourth-order valence-corrected chi connectivity index (χ4v) is 2.55. The highest BCUT2D eigenvalue weighted by atomic mass is 16.5. The Kier molecular flexibility index (Phi) is 7.32. The first-order valence-corrected chi connectivity index (χ1v) is 9.18. The van der Waals surface area contributed by atoms with Crippen molar-refractivity contribution >= 4 is 5.91 Å². The van der Waals surface area contributed by atoms with Gasteiger partial charge < -0.3 is 19.5 Å². The van der Waals surface area contributed by atoms with Crippen LogP contribution in [0.15, 0.2) is 84.9 Å². The number of amides is 1. The maximum atomic E-state index is 12.5. The number of carbonyl (C=O) groups excluding carboxylic acids is 1. The Morgan fingerprint density at radius 2 is 1.18 bits per heavy atom. The lowest BCUT2D eigenvalue weighted by Crippen LogP contribution is -2.28. The van der Waals surface area contributed by atoms with E-state index in [0.717, 1.165) is 11.5 Å². The summed E-state index contributed by atoms with van der Waals surface area (Å²) in [5.41, 5.74) is 0.488. The quantitative estimate of drug-likeness (QED) is 0.544. The van der Waals surface area contributed by atoms with Crippen molar-refractivity contribution in [2.75, 3.05) is 26.4 Å². The van der Waals surface area contributed by atoms with Crippen LogP contribution in [0.4, 0.5) is 0 Å². The molecule has 28 heavy (non-hydrogen) atoms. The molecule has 0 fully saturated rings. The van der Waals surface area contributed by atoms with Crippen molar-refractivity contribution < 1.29 is 19.0 Å². The van der Waals surface area contributed by atoms with Gasteiger partial charge in [0.1, 0.15) is 37.1 Å². The van der Waals surface area contributed by atoms with E-state index in [0.29, 0.717) is 37.7 Å². The molecule has 1 amide bonds. The second kappa shape index (κ2) is 10.6. The fourth-order valence-electron chi connectivity index (χ4n) is 2.55. The molecule has 0 atom stereocenters. The van der Waals surface area contributed by atoms with Gasteiger partial charge in [0.2, 0.25) is 0 Å². The number of hydrogen-bond acceptors (Lipinski definition) is 4. The second-order valence-electron chi connectivity index (χ2n) is 5.92. The fraction of sp³-hybridized carbons (Fsp3) is 0.174. The lowest BCUT2D eigenvalue weighted by molar-refractivity contribution is 0.0941. The summed E-state index contributed by atoms with van der Waals surface area (Å²) in [7, 11) is 0. The lowest BCUT2D eigenvalue weighted by atomic mass is 10.2. The SMILES string of the molecule is O=C(NCCOc1ccccc1)c1ccccc1OCCOc1ccccc1. The van der Waals surface area contributed by atoms with Crippen molar-refractivity contribution in [3.8, 4) is 17.2 Å². The minimum Gasteiger partial charge on any atom is -0.492 e. The number of rotatable bonds is 10. The van der Waals surface area contributed by atoms with Crippen LogP contribution in [-0.4, -0.2) is 32.3 Å². The van der Waals surface area contributed by atoms with Crippen LogP contribution in [0.3, 0.4) is 0 Å². The van der Waals surface area contributed by atoms with Crippen LogP contribution in [0, 0.1) is 0 Å². The summed E-state index contributed by atoms with van der Waals surface area (Å²) < 4.78 is 16.9. The van der Waals surface area contributed by atoms with E-state index in [2.05, 4.69) is 5.32 Å². The molecule has 0 saturated heterocycles. The average Bonchev–Trinajstić information content (AvgIpc) is 2.76. The molecule has 0 bridgehead atoms. The van der Waals surface area contributed by atoms with Gasteiger partial charge in [-0.2, -0.15) is 0 Å². The van der Waals surface area contributed by atoms with Gasteiger partial charge in [-0.3, -0.25) is 4.79 Å². The van der Waals surface area contributed by atoms with Gasteiger partial charge >= 0.3 is 0 Å². The largest absolute Gasteiger partial charge is 0.492 e. The molecule has 144 valence electrons. The molecule has 0 spiro atoms. The molecule has 0 aliphatic carbocycles. The van der Waals surface area contributed by atoms with Crippen molar-refractivity contribution in [3.05, 3.63) is 90.5 Å². The standard InChI is InChI=1S/C23H23NO4/c25-23(24-15-16-26-19-9-3-1-4-10-19)21-13-7-8-14-22(21)28-18-17-27-20-11-5-2-6-12-20/h1-14H,15-18H2,(H,24,25). The molecule has 1 N–H and O–H groups in total. The molecule has 0 aromatic heterocycles. The van der Waals surface area contributed by atoms with E-state index in [9.17, 15) is 4.79 Å². The van der Waals surface area contributed by atoms with Crippen LogP contribution in [-0.2, 0) is 0 Å². The number of para-hydroxylation sites is 3. The highest BCUT2D eigenvalue weighted by Gasteiger charge is 2.11. The zero-order valence-electron chi connectivity index (χ0n) is 15.5. The van der Waals surface area contributed by atoms with Crippen molar-refractivity contribution in [2.24, 2.45) is 0 Å². The molecule has 3 rings (SSSR count). The predicted molar refractivity (Wildman–Crippen MR) is 108 cm³/mol. The molecule has 0 unspecified atom stereocenters. The van der Waals surface area contributed by atoms with E-state index in [1.54, 1.807) is 12.1 Å². The first-order chi connectivity index (χ1) is 13.8. The van der Waals surface area contributed by atoms with Crippen molar-refractivity contribution in [2.45, 2.75) is 0 Å². The van der Waals surface area contributed by atoms with Crippen LogP contribution in [0.2, 0.25) is 0 Å². The first-order valence-electron chi connectivity index (χ1n) is 9.18.